The van der Waals surface area contributed by atoms with Gasteiger partial charge in [-0.25, -0.2) is 8.42 Å². The fourth-order valence-corrected chi connectivity index (χ4v) is 5.41. The largest absolute Gasteiger partial charge is 0.490 e. The summed E-state index contributed by atoms with van der Waals surface area (Å²) in [5.41, 5.74) is 1.27. The molecular weight excluding hydrogens is 434 g/mol. The monoisotopic (exact) mass is 459 g/mol. The number of rotatable bonds is 6. The van der Waals surface area contributed by atoms with Crippen LogP contribution in [0.3, 0.4) is 0 Å². The maximum absolute atomic E-state index is 13.0. The minimum absolute atomic E-state index is 0.131. The van der Waals surface area contributed by atoms with E-state index in [0.29, 0.717) is 43.1 Å². The second kappa shape index (κ2) is 9.30. The van der Waals surface area contributed by atoms with Crippen LogP contribution in [-0.2, 0) is 19.6 Å². The predicted octanol–water partition coefficient (Wildman–Crippen LogP) is 2.74. The zero-order valence-electron chi connectivity index (χ0n) is 17.8. The van der Waals surface area contributed by atoms with Crippen LogP contribution in [0.1, 0.15) is 35.2 Å². The van der Waals surface area contributed by atoms with E-state index in [1.807, 2.05) is 6.92 Å². The first-order chi connectivity index (χ1) is 15.4. The van der Waals surface area contributed by atoms with Crippen molar-refractivity contribution in [3.8, 4) is 11.5 Å². The van der Waals surface area contributed by atoms with Crippen LogP contribution in [0.4, 0.5) is 0 Å². The molecule has 1 saturated heterocycles. The highest BCUT2D eigenvalue weighted by atomic mass is 32.2. The lowest BCUT2D eigenvalue weighted by molar-refractivity contribution is -0.146. The van der Waals surface area contributed by atoms with Gasteiger partial charge in [0.05, 0.1) is 18.1 Å². The third-order valence-electron chi connectivity index (χ3n) is 5.52. The molecule has 9 heteroatoms. The second-order valence-electron chi connectivity index (χ2n) is 7.83. The number of carbonyl (C=O) groups is 2. The van der Waals surface area contributed by atoms with E-state index in [1.54, 1.807) is 30.3 Å². The molecule has 2 aliphatic rings. The van der Waals surface area contributed by atoms with Crippen molar-refractivity contribution in [3.63, 3.8) is 0 Å². The maximum atomic E-state index is 13.0. The zero-order chi connectivity index (χ0) is 22.7. The summed E-state index contributed by atoms with van der Waals surface area (Å²) >= 11 is 0. The van der Waals surface area contributed by atoms with Crippen LogP contribution in [0.2, 0.25) is 0 Å². The normalized spacial score (nSPS) is 18.7. The number of hydrogen-bond donors (Lipinski definition) is 0. The van der Waals surface area contributed by atoms with Crippen molar-refractivity contribution in [2.24, 2.45) is 0 Å². The van der Waals surface area contributed by atoms with Crippen LogP contribution < -0.4 is 9.47 Å². The van der Waals surface area contributed by atoms with Crippen molar-refractivity contribution in [2.45, 2.75) is 37.1 Å². The minimum atomic E-state index is -3.84. The van der Waals surface area contributed by atoms with Crippen LogP contribution in [-0.4, -0.2) is 56.9 Å². The number of fused-ring (bicyclic) bond motifs is 1. The average Bonchev–Trinajstić information content (AvgIpc) is 3.18. The van der Waals surface area contributed by atoms with Gasteiger partial charge in [-0.1, -0.05) is 17.7 Å². The minimum Gasteiger partial charge on any atom is -0.490 e. The molecule has 0 aromatic heterocycles. The molecule has 2 aromatic rings. The summed E-state index contributed by atoms with van der Waals surface area (Å²) in [6.45, 7) is 2.65. The molecule has 1 atom stereocenters. The fraction of sp³-hybridized carbons (Fsp3) is 0.391. The van der Waals surface area contributed by atoms with Crippen molar-refractivity contribution in [1.29, 1.82) is 0 Å². The predicted molar refractivity (Wildman–Crippen MR) is 115 cm³/mol. The number of ketones is 1. The Bertz CT molecular complexity index is 1110. The molecule has 170 valence electrons. The van der Waals surface area contributed by atoms with Gasteiger partial charge in [0.15, 0.2) is 23.9 Å². The molecule has 0 aliphatic carbocycles. The number of hydrogen-bond acceptors (Lipinski definition) is 7. The zero-order valence-corrected chi connectivity index (χ0v) is 18.6. The van der Waals surface area contributed by atoms with Gasteiger partial charge in [0.1, 0.15) is 6.04 Å². The number of aryl methyl sites for hydroxylation is 1. The summed E-state index contributed by atoms with van der Waals surface area (Å²) in [6, 6.07) is 10.3. The van der Waals surface area contributed by atoms with Gasteiger partial charge in [0, 0.05) is 18.5 Å². The molecule has 0 bridgehead atoms. The van der Waals surface area contributed by atoms with Crippen molar-refractivity contribution in [3.05, 3.63) is 53.6 Å². The van der Waals surface area contributed by atoms with Gasteiger partial charge < -0.3 is 14.2 Å². The molecule has 4 rings (SSSR count). The smallest absolute Gasteiger partial charge is 0.324 e. The molecule has 0 spiro atoms. The summed E-state index contributed by atoms with van der Waals surface area (Å²) in [5.74, 6) is -0.0781. The number of carbonyl (C=O) groups excluding carboxylic acids is 2. The van der Waals surface area contributed by atoms with E-state index in [-0.39, 0.29) is 11.4 Å². The highest BCUT2D eigenvalue weighted by Crippen LogP contribution is 2.31. The summed E-state index contributed by atoms with van der Waals surface area (Å²) < 4.78 is 43.5. The van der Waals surface area contributed by atoms with E-state index >= 15 is 0 Å². The fourth-order valence-electron chi connectivity index (χ4n) is 3.76. The van der Waals surface area contributed by atoms with E-state index in [9.17, 15) is 18.0 Å². The Balaban J connectivity index is 1.41. The van der Waals surface area contributed by atoms with Crippen LogP contribution in [0, 0.1) is 6.92 Å². The van der Waals surface area contributed by atoms with Crippen LogP contribution in [0.25, 0.3) is 0 Å². The number of benzene rings is 2. The summed E-state index contributed by atoms with van der Waals surface area (Å²) in [4.78, 5) is 25.4. The summed E-state index contributed by atoms with van der Waals surface area (Å²) in [6.07, 6.45) is 1.64. The van der Waals surface area contributed by atoms with Crippen molar-refractivity contribution in [2.75, 3.05) is 26.4 Å². The van der Waals surface area contributed by atoms with E-state index in [4.69, 9.17) is 14.2 Å². The molecule has 0 N–H and O–H groups in total. The molecule has 2 heterocycles. The van der Waals surface area contributed by atoms with Gasteiger partial charge >= 0.3 is 5.97 Å². The first kappa shape index (κ1) is 22.3. The van der Waals surface area contributed by atoms with Gasteiger partial charge in [0.25, 0.3) is 0 Å². The molecule has 32 heavy (non-hydrogen) atoms. The lowest BCUT2D eigenvalue weighted by Gasteiger charge is -2.22. The van der Waals surface area contributed by atoms with Gasteiger partial charge in [-0.05, 0) is 50.1 Å². The molecule has 2 aliphatic heterocycles. The number of esters is 1. The van der Waals surface area contributed by atoms with Gasteiger partial charge in [-0.15, -0.1) is 0 Å². The van der Waals surface area contributed by atoms with Crippen LogP contribution >= 0.6 is 0 Å². The summed E-state index contributed by atoms with van der Waals surface area (Å²) in [5, 5.41) is 0. The van der Waals surface area contributed by atoms with Gasteiger partial charge in [-0.2, -0.15) is 4.31 Å². The number of Topliss-reactive ketones (excluding diaryl/α,β-unsaturated/α-hetero) is 1. The number of nitrogens with zero attached hydrogens (tertiary/aromatic N) is 1. The van der Waals surface area contributed by atoms with Gasteiger partial charge in [-0.3, -0.25) is 9.59 Å². The van der Waals surface area contributed by atoms with Gasteiger partial charge in [0.2, 0.25) is 10.0 Å². The lowest BCUT2D eigenvalue weighted by Crippen LogP contribution is -2.41. The van der Waals surface area contributed by atoms with E-state index in [0.717, 1.165) is 16.3 Å². The van der Waals surface area contributed by atoms with Crippen LogP contribution in [0.15, 0.2) is 47.4 Å². The Labute approximate surface area is 187 Å². The standard InChI is InChI=1S/C23H25NO7S/c1-16-5-8-18(9-6-16)32(27,28)24-11-2-4-19(24)23(26)31-15-20(25)17-7-10-21-22(14-17)30-13-3-12-29-21/h5-10,14,19H,2-4,11-13,15H2,1H3/t19-/m0/s1. The average molecular weight is 460 g/mol. The molecule has 2 aromatic carbocycles. The highest BCUT2D eigenvalue weighted by Gasteiger charge is 2.40. The van der Waals surface area contributed by atoms with E-state index in [2.05, 4.69) is 0 Å². The Kier molecular flexibility index (Phi) is 6.48. The Morgan fingerprint density at radius 3 is 2.50 bits per heavy atom. The SMILES string of the molecule is Cc1ccc(S(=O)(=O)N2CCC[C@H]2C(=O)OCC(=O)c2ccc3c(c2)OCCCO3)cc1. The topological polar surface area (TPSA) is 99.2 Å². The maximum Gasteiger partial charge on any atom is 0.324 e. The molecule has 0 radical (unpaired) electrons. The van der Waals surface area contributed by atoms with Crippen LogP contribution in [0.5, 0.6) is 11.5 Å². The Hall–Kier alpha value is -2.91. The first-order valence-corrected chi connectivity index (χ1v) is 12.0. The third kappa shape index (κ3) is 4.63. The van der Waals surface area contributed by atoms with Crippen molar-refractivity contribution < 1.29 is 32.2 Å². The van der Waals surface area contributed by atoms with Crippen molar-refractivity contribution in [1.82, 2.24) is 4.31 Å². The second-order valence-corrected chi connectivity index (χ2v) is 9.72. The van der Waals surface area contributed by atoms with E-state index in [1.165, 1.54) is 12.1 Å². The molecule has 1 fully saturated rings. The molecule has 0 amide bonds. The Morgan fingerprint density at radius 1 is 1.03 bits per heavy atom. The molecular formula is C23H25NO7S. The van der Waals surface area contributed by atoms with E-state index < -0.39 is 34.4 Å². The summed E-state index contributed by atoms with van der Waals surface area (Å²) in [7, 11) is -3.84. The molecule has 8 nitrogen and oxygen atoms in total. The molecule has 0 saturated carbocycles. The highest BCUT2D eigenvalue weighted by molar-refractivity contribution is 7.89. The lowest BCUT2D eigenvalue weighted by atomic mass is 10.1. The Morgan fingerprint density at radius 2 is 1.75 bits per heavy atom. The quantitative estimate of drug-likeness (QED) is 0.484. The van der Waals surface area contributed by atoms with Crippen molar-refractivity contribution >= 4 is 21.8 Å². The molecule has 0 unspecified atom stereocenters. The number of sulfonamides is 1. The third-order valence-corrected chi connectivity index (χ3v) is 7.44. The number of ether oxygens (including phenoxy) is 3. The first-order valence-electron chi connectivity index (χ1n) is 10.5.